The zero-order chi connectivity index (χ0) is 14.1. The van der Waals surface area contributed by atoms with Crippen molar-refractivity contribution in [3.05, 3.63) is 35.9 Å². The Kier molecular flexibility index (Phi) is 5.22. The summed E-state index contributed by atoms with van der Waals surface area (Å²) in [6, 6.07) is 10.1. The van der Waals surface area contributed by atoms with E-state index in [4.69, 9.17) is 4.74 Å². The van der Waals surface area contributed by atoms with Gasteiger partial charge in [-0.25, -0.2) is 0 Å². The Morgan fingerprint density at radius 1 is 1.25 bits per heavy atom. The van der Waals surface area contributed by atoms with Gasteiger partial charge in [0, 0.05) is 31.8 Å². The van der Waals surface area contributed by atoms with Crippen LogP contribution in [0, 0.1) is 5.41 Å². The fraction of sp³-hybridized carbons (Fsp3) is 0.562. The lowest BCUT2D eigenvalue weighted by Gasteiger charge is -2.51. The number of likely N-dealkylation sites (tertiary alicyclic amines) is 1. The molecule has 3 nitrogen and oxygen atoms in total. The van der Waals surface area contributed by atoms with Crippen LogP contribution >= 0.6 is 12.4 Å². The molecule has 20 heavy (non-hydrogen) atoms. The quantitative estimate of drug-likeness (QED) is 0.785. The molecular weight excluding hydrogens is 274 g/mol. The third-order valence-electron chi connectivity index (χ3n) is 4.16. The number of nitrogens with zero attached hydrogens (tertiary/aromatic N) is 1. The second kappa shape index (κ2) is 6.15. The fourth-order valence-electron chi connectivity index (χ4n) is 3.30. The summed E-state index contributed by atoms with van der Waals surface area (Å²) in [5.74, 6) is -0.207. The maximum atomic E-state index is 11.6. The number of carbonyl (C=O) groups excluding carboxylic acids is 1. The van der Waals surface area contributed by atoms with Gasteiger partial charge in [0.25, 0.3) is 0 Å². The van der Waals surface area contributed by atoms with Crippen LogP contribution in [0.15, 0.2) is 30.3 Å². The molecule has 2 rings (SSSR count). The van der Waals surface area contributed by atoms with E-state index in [2.05, 4.69) is 37.9 Å². The number of benzene rings is 1. The van der Waals surface area contributed by atoms with Crippen molar-refractivity contribution in [1.29, 1.82) is 0 Å². The number of esters is 1. The largest absolute Gasteiger partial charge is 0.454 e. The van der Waals surface area contributed by atoms with Gasteiger partial charge in [-0.1, -0.05) is 44.2 Å². The zero-order valence-electron chi connectivity index (χ0n) is 12.7. The van der Waals surface area contributed by atoms with E-state index in [9.17, 15) is 4.79 Å². The van der Waals surface area contributed by atoms with Gasteiger partial charge < -0.3 is 9.64 Å². The van der Waals surface area contributed by atoms with Crippen molar-refractivity contribution in [2.24, 2.45) is 5.41 Å². The summed E-state index contributed by atoms with van der Waals surface area (Å²) >= 11 is 0. The molecule has 4 heteroatoms. The molecular formula is C16H24ClNO2. The number of rotatable bonds is 2. The maximum Gasteiger partial charge on any atom is 0.303 e. The normalized spacial score (nSPS) is 25.6. The average molecular weight is 298 g/mol. The first-order valence-electron chi connectivity index (χ1n) is 6.81. The van der Waals surface area contributed by atoms with Gasteiger partial charge in [-0.3, -0.25) is 4.79 Å². The minimum absolute atomic E-state index is 0. The Bertz CT molecular complexity index is 461. The van der Waals surface area contributed by atoms with Gasteiger partial charge in [0.2, 0.25) is 0 Å². The Hall–Kier alpha value is -1.06. The first-order valence-corrected chi connectivity index (χ1v) is 6.81. The van der Waals surface area contributed by atoms with E-state index < -0.39 is 5.60 Å². The standard InChI is InChI=1S/C16H23NO2.ClH/c1-13(18)19-16(14-8-6-5-7-9-14)10-11-17(4)12-15(16,2)3;/h5-9H,10-12H2,1-4H3;1H. The van der Waals surface area contributed by atoms with Crippen LogP contribution in [0.5, 0.6) is 0 Å². The molecule has 1 aliphatic rings. The third kappa shape index (κ3) is 2.99. The van der Waals surface area contributed by atoms with E-state index in [-0.39, 0.29) is 23.8 Å². The van der Waals surface area contributed by atoms with E-state index in [0.717, 1.165) is 25.1 Å². The minimum Gasteiger partial charge on any atom is -0.454 e. The number of hydrogen-bond acceptors (Lipinski definition) is 3. The number of ether oxygens (including phenoxy) is 1. The second-order valence-corrected chi connectivity index (χ2v) is 6.16. The van der Waals surface area contributed by atoms with Gasteiger partial charge in [0.05, 0.1) is 0 Å². The Morgan fingerprint density at radius 2 is 1.85 bits per heavy atom. The van der Waals surface area contributed by atoms with Crippen molar-refractivity contribution in [2.75, 3.05) is 20.1 Å². The molecule has 1 heterocycles. The van der Waals surface area contributed by atoms with Gasteiger partial charge in [-0.05, 0) is 12.6 Å². The number of halogens is 1. The molecule has 1 fully saturated rings. The summed E-state index contributed by atoms with van der Waals surface area (Å²) in [4.78, 5) is 13.9. The summed E-state index contributed by atoms with van der Waals surface area (Å²) in [6.07, 6.45) is 0.833. The van der Waals surface area contributed by atoms with E-state index in [1.807, 2.05) is 18.2 Å². The van der Waals surface area contributed by atoms with E-state index in [1.165, 1.54) is 6.92 Å². The van der Waals surface area contributed by atoms with Crippen molar-refractivity contribution in [2.45, 2.75) is 32.8 Å². The molecule has 1 aliphatic heterocycles. The summed E-state index contributed by atoms with van der Waals surface area (Å²) in [7, 11) is 2.12. The predicted molar refractivity (Wildman–Crippen MR) is 83.0 cm³/mol. The molecule has 0 N–H and O–H groups in total. The van der Waals surface area contributed by atoms with Crippen LogP contribution in [-0.4, -0.2) is 31.0 Å². The number of hydrogen-bond donors (Lipinski definition) is 0. The molecule has 0 aromatic heterocycles. The van der Waals surface area contributed by atoms with Crippen LogP contribution in [0.2, 0.25) is 0 Å². The van der Waals surface area contributed by atoms with E-state index in [1.54, 1.807) is 0 Å². The Balaban J connectivity index is 0.00000200. The Labute approximate surface area is 127 Å². The summed E-state index contributed by atoms with van der Waals surface area (Å²) in [6.45, 7) is 7.71. The zero-order valence-corrected chi connectivity index (χ0v) is 13.5. The summed E-state index contributed by atoms with van der Waals surface area (Å²) in [5, 5.41) is 0. The molecule has 1 aromatic rings. The highest BCUT2D eigenvalue weighted by Gasteiger charge is 2.52. The lowest BCUT2D eigenvalue weighted by molar-refractivity contribution is -0.187. The topological polar surface area (TPSA) is 29.5 Å². The van der Waals surface area contributed by atoms with E-state index in [0.29, 0.717) is 0 Å². The van der Waals surface area contributed by atoms with Crippen LogP contribution in [0.1, 0.15) is 32.8 Å². The van der Waals surface area contributed by atoms with Crippen LogP contribution < -0.4 is 0 Å². The van der Waals surface area contributed by atoms with Crippen LogP contribution in [-0.2, 0) is 15.1 Å². The molecule has 1 unspecified atom stereocenters. The van der Waals surface area contributed by atoms with E-state index >= 15 is 0 Å². The smallest absolute Gasteiger partial charge is 0.303 e. The van der Waals surface area contributed by atoms with Gasteiger partial charge >= 0.3 is 5.97 Å². The monoisotopic (exact) mass is 297 g/mol. The highest BCUT2D eigenvalue weighted by atomic mass is 35.5. The summed E-state index contributed by atoms with van der Waals surface area (Å²) < 4.78 is 5.86. The van der Waals surface area contributed by atoms with Gasteiger partial charge in [0.15, 0.2) is 0 Å². The molecule has 0 saturated carbocycles. The molecule has 0 spiro atoms. The van der Waals surface area contributed by atoms with Crippen LogP contribution in [0.4, 0.5) is 0 Å². The molecule has 1 atom stereocenters. The highest BCUT2D eigenvalue weighted by molar-refractivity contribution is 5.85. The van der Waals surface area contributed by atoms with Crippen molar-refractivity contribution in [3.63, 3.8) is 0 Å². The molecule has 0 amide bonds. The molecule has 1 aromatic carbocycles. The average Bonchev–Trinajstić information content (AvgIpc) is 2.33. The SMILES string of the molecule is CC(=O)OC1(c2ccccc2)CCN(C)CC1(C)C.Cl. The lowest BCUT2D eigenvalue weighted by atomic mass is 9.66. The first kappa shape index (κ1) is 17.0. The molecule has 112 valence electrons. The fourth-order valence-corrected chi connectivity index (χ4v) is 3.30. The van der Waals surface area contributed by atoms with Crippen molar-refractivity contribution in [3.8, 4) is 0 Å². The van der Waals surface area contributed by atoms with Gasteiger partial charge in [-0.15, -0.1) is 12.4 Å². The number of carbonyl (C=O) groups is 1. The third-order valence-corrected chi connectivity index (χ3v) is 4.16. The second-order valence-electron chi connectivity index (χ2n) is 6.16. The van der Waals surface area contributed by atoms with Crippen molar-refractivity contribution >= 4 is 18.4 Å². The summed E-state index contributed by atoms with van der Waals surface area (Å²) in [5.41, 5.74) is 0.461. The van der Waals surface area contributed by atoms with Crippen molar-refractivity contribution < 1.29 is 9.53 Å². The minimum atomic E-state index is -0.521. The van der Waals surface area contributed by atoms with Crippen LogP contribution in [0.25, 0.3) is 0 Å². The molecule has 0 bridgehead atoms. The maximum absolute atomic E-state index is 11.6. The molecule has 0 radical (unpaired) electrons. The van der Waals surface area contributed by atoms with Crippen LogP contribution in [0.3, 0.4) is 0 Å². The molecule has 0 aliphatic carbocycles. The predicted octanol–water partition coefficient (Wildman–Crippen LogP) is 3.23. The van der Waals surface area contributed by atoms with Crippen molar-refractivity contribution in [1.82, 2.24) is 4.90 Å². The first-order chi connectivity index (χ1) is 8.87. The number of piperidine rings is 1. The highest BCUT2D eigenvalue weighted by Crippen LogP contribution is 2.48. The van der Waals surface area contributed by atoms with Gasteiger partial charge in [0.1, 0.15) is 5.60 Å². The Morgan fingerprint density at radius 3 is 2.35 bits per heavy atom. The van der Waals surface area contributed by atoms with Gasteiger partial charge in [-0.2, -0.15) is 0 Å². The lowest BCUT2D eigenvalue weighted by Crippen LogP contribution is -2.56. The molecule has 1 saturated heterocycles.